The minimum absolute atomic E-state index is 0.129. The van der Waals surface area contributed by atoms with E-state index >= 15 is 0 Å². The Morgan fingerprint density at radius 2 is 1.84 bits per heavy atom. The highest BCUT2D eigenvalue weighted by Gasteiger charge is 2.63. The number of fused-ring (bicyclic) bond motifs is 1. The summed E-state index contributed by atoms with van der Waals surface area (Å²) in [5.41, 5.74) is 12.7. The molecule has 0 radical (unpaired) electrons. The van der Waals surface area contributed by atoms with Crippen LogP contribution in [-0.4, -0.2) is 55.9 Å². The van der Waals surface area contributed by atoms with E-state index in [0.29, 0.717) is 33.0 Å². The van der Waals surface area contributed by atoms with Crippen molar-refractivity contribution in [1.29, 1.82) is 0 Å². The summed E-state index contributed by atoms with van der Waals surface area (Å²) in [6, 6.07) is 18.8. The Morgan fingerprint density at radius 1 is 1.19 bits per heavy atom. The average molecular weight is 555 g/mol. The van der Waals surface area contributed by atoms with Crippen LogP contribution in [0.1, 0.15) is 17.2 Å². The Labute approximate surface area is 224 Å². The first kappa shape index (κ1) is 25.3. The molecule has 37 heavy (non-hydrogen) atoms. The van der Waals surface area contributed by atoms with Crippen LogP contribution in [0.2, 0.25) is 0 Å². The molecule has 0 spiro atoms. The molecule has 190 valence electrons. The molecule has 0 saturated carbocycles. The number of rotatable bonds is 9. The highest BCUT2D eigenvalue weighted by Crippen LogP contribution is 2.45. The fourth-order valence-corrected chi connectivity index (χ4v) is 7.30. The topological polar surface area (TPSA) is 154 Å². The fourth-order valence-electron chi connectivity index (χ4n) is 4.15. The first-order valence-corrected chi connectivity index (χ1v) is 14.0. The van der Waals surface area contributed by atoms with E-state index in [1.807, 2.05) is 60.7 Å². The maximum absolute atomic E-state index is 13.8. The molecule has 2 amide bonds. The molecule has 3 heterocycles. The Hall–Kier alpha value is -3.39. The van der Waals surface area contributed by atoms with Gasteiger partial charge in [-0.2, -0.15) is 0 Å². The number of β-lactam (4-membered cyclic amide) rings is 1. The number of nitrogens with one attached hydrogen (secondary N) is 1. The number of hydrogen-bond acceptors (Lipinski definition) is 11. The molecule has 5 N–H and O–H groups in total. The molecule has 1 fully saturated rings. The number of amides is 2. The standard InChI is InChI=1S/C24H22N6O4S3/c25-22-28-29-23(37-22)36-12-16-11-35-21-24(26,27-13-31)20(33)30(21)17(16)19(32)34-18(14-7-3-1-4-8-14)15-9-5-2-6-10-15/h1-10,13,18,21H,11-12,26H2,(H2,25,28)(H,27,31)/t21-,24-/m0/s1. The number of hydrogen-bond donors (Lipinski definition) is 3. The van der Waals surface area contributed by atoms with Gasteiger partial charge in [0.1, 0.15) is 11.1 Å². The second kappa shape index (κ2) is 10.5. The van der Waals surface area contributed by atoms with Crippen LogP contribution in [0.15, 0.2) is 76.3 Å². The molecule has 2 aromatic carbocycles. The Balaban J connectivity index is 1.49. The van der Waals surface area contributed by atoms with Gasteiger partial charge in [-0.1, -0.05) is 83.8 Å². The van der Waals surface area contributed by atoms with Crippen molar-refractivity contribution in [2.24, 2.45) is 5.73 Å². The van der Waals surface area contributed by atoms with Crippen LogP contribution in [0.5, 0.6) is 0 Å². The molecule has 0 bridgehead atoms. The normalized spacial score (nSPS) is 20.9. The van der Waals surface area contributed by atoms with E-state index in [1.54, 1.807) is 0 Å². The molecule has 2 aliphatic heterocycles. The van der Waals surface area contributed by atoms with Crippen LogP contribution in [0.4, 0.5) is 5.13 Å². The van der Waals surface area contributed by atoms with Gasteiger partial charge >= 0.3 is 5.97 Å². The molecule has 2 aliphatic rings. The number of carbonyl (C=O) groups is 3. The number of aromatic nitrogens is 2. The largest absolute Gasteiger partial charge is 0.448 e. The van der Waals surface area contributed by atoms with Crippen molar-refractivity contribution in [1.82, 2.24) is 20.4 Å². The Morgan fingerprint density at radius 3 is 2.41 bits per heavy atom. The summed E-state index contributed by atoms with van der Waals surface area (Å²) in [5.74, 6) is -0.469. The Kier molecular flexibility index (Phi) is 7.20. The highest BCUT2D eigenvalue weighted by atomic mass is 32.2. The second-order valence-electron chi connectivity index (χ2n) is 8.22. The summed E-state index contributed by atoms with van der Waals surface area (Å²) < 4.78 is 6.73. The molecule has 2 atom stereocenters. The maximum Gasteiger partial charge on any atom is 0.356 e. The number of nitrogens with two attached hydrogens (primary N) is 2. The van der Waals surface area contributed by atoms with Crippen LogP contribution in [0.3, 0.4) is 0 Å². The third kappa shape index (κ3) is 4.82. The lowest BCUT2D eigenvalue weighted by molar-refractivity contribution is -0.160. The smallest absolute Gasteiger partial charge is 0.356 e. The summed E-state index contributed by atoms with van der Waals surface area (Å²) in [7, 11) is 0. The van der Waals surface area contributed by atoms with E-state index in [2.05, 4.69) is 15.5 Å². The van der Waals surface area contributed by atoms with Crippen molar-refractivity contribution in [2.45, 2.75) is 21.5 Å². The van der Waals surface area contributed by atoms with Gasteiger partial charge in [0.05, 0.1) is 0 Å². The average Bonchev–Trinajstić information content (AvgIpc) is 3.35. The minimum Gasteiger partial charge on any atom is -0.448 e. The van der Waals surface area contributed by atoms with Crippen molar-refractivity contribution < 1.29 is 19.1 Å². The zero-order chi connectivity index (χ0) is 26.0. The van der Waals surface area contributed by atoms with Crippen molar-refractivity contribution in [3.8, 4) is 0 Å². The lowest BCUT2D eigenvalue weighted by Gasteiger charge is -2.55. The number of nitrogen functional groups attached to an aromatic ring is 1. The molecule has 1 aromatic heterocycles. The molecule has 3 aromatic rings. The van der Waals surface area contributed by atoms with Crippen molar-refractivity contribution >= 4 is 58.3 Å². The predicted octanol–water partition coefficient (Wildman–Crippen LogP) is 2.12. The number of thioether (sulfide) groups is 2. The predicted molar refractivity (Wildman–Crippen MR) is 142 cm³/mol. The van der Waals surface area contributed by atoms with Gasteiger partial charge in [0, 0.05) is 11.5 Å². The van der Waals surface area contributed by atoms with Crippen molar-refractivity contribution in [3.05, 3.63) is 83.1 Å². The molecule has 5 rings (SSSR count). The highest BCUT2D eigenvalue weighted by molar-refractivity contribution is 8.02. The number of nitrogens with zero attached hydrogens (tertiary/aromatic N) is 3. The maximum atomic E-state index is 13.8. The van der Waals surface area contributed by atoms with Crippen molar-refractivity contribution in [3.63, 3.8) is 0 Å². The summed E-state index contributed by atoms with van der Waals surface area (Å²) in [6.45, 7) is 0. The first-order valence-electron chi connectivity index (χ1n) is 11.1. The first-order chi connectivity index (χ1) is 17.9. The number of benzene rings is 2. The van der Waals surface area contributed by atoms with Gasteiger partial charge in [-0.05, 0) is 16.7 Å². The quantitative estimate of drug-likeness (QED) is 0.118. The fraction of sp³-hybridized carbons (Fsp3) is 0.208. The second-order valence-corrected chi connectivity index (χ2v) is 11.5. The molecular formula is C24H22N6O4S3. The van der Waals surface area contributed by atoms with E-state index in [4.69, 9.17) is 16.2 Å². The molecule has 13 heteroatoms. The van der Waals surface area contributed by atoms with Crippen LogP contribution in [0.25, 0.3) is 0 Å². The number of anilines is 1. The summed E-state index contributed by atoms with van der Waals surface area (Å²) >= 11 is 3.97. The molecular weight excluding hydrogens is 533 g/mol. The van der Waals surface area contributed by atoms with Crippen LogP contribution in [0, 0.1) is 0 Å². The number of carbonyl (C=O) groups excluding carboxylic acids is 3. The third-order valence-corrected chi connectivity index (χ3v) is 9.29. The Bertz CT molecular complexity index is 1310. The lowest BCUT2D eigenvalue weighted by Crippen LogP contribution is -2.83. The molecule has 0 aliphatic carbocycles. The van der Waals surface area contributed by atoms with E-state index in [0.717, 1.165) is 11.1 Å². The zero-order valence-corrected chi connectivity index (χ0v) is 21.7. The van der Waals surface area contributed by atoms with Crippen LogP contribution in [-0.2, 0) is 19.1 Å². The molecule has 0 unspecified atom stereocenters. The van der Waals surface area contributed by atoms with Gasteiger partial charge in [-0.25, -0.2) is 4.79 Å². The van der Waals surface area contributed by atoms with E-state index in [-0.39, 0.29) is 5.70 Å². The van der Waals surface area contributed by atoms with E-state index < -0.39 is 29.0 Å². The van der Waals surface area contributed by atoms with Gasteiger partial charge < -0.3 is 15.8 Å². The summed E-state index contributed by atoms with van der Waals surface area (Å²) in [6.07, 6.45) is -0.303. The van der Waals surface area contributed by atoms with E-state index in [9.17, 15) is 14.4 Å². The molecule has 10 nitrogen and oxygen atoms in total. The van der Waals surface area contributed by atoms with Gasteiger partial charge in [-0.3, -0.25) is 20.2 Å². The lowest BCUT2D eigenvalue weighted by atomic mass is 9.96. The molecule has 1 saturated heterocycles. The third-order valence-electron chi connectivity index (χ3n) is 5.90. The number of esters is 1. The summed E-state index contributed by atoms with van der Waals surface area (Å²) in [5, 5.41) is 9.94. The van der Waals surface area contributed by atoms with Crippen LogP contribution >= 0.6 is 34.9 Å². The van der Waals surface area contributed by atoms with Gasteiger partial charge in [0.25, 0.3) is 5.91 Å². The van der Waals surface area contributed by atoms with Gasteiger partial charge in [-0.15, -0.1) is 22.0 Å². The van der Waals surface area contributed by atoms with Crippen molar-refractivity contribution in [2.75, 3.05) is 17.2 Å². The minimum atomic E-state index is -1.59. The van der Waals surface area contributed by atoms with Gasteiger partial charge in [0.2, 0.25) is 17.2 Å². The summed E-state index contributed by atoms with van der Waals surface area (Å²) in [4.78, 5) is 39.4. The monoisotopic (exact) mass is 554 g/mol. The van der Waals surface area contributed by atoms with Gasteiger partial charge in [0.15, 0.2) is 10.4 Å². The van der Waals surface area contributed by atoms with Crippen LogP contribution < -0.4 is 16.8 Å². The zero-order valence-electron chi connectivity index (χ0n) is 19.3. The SMILES string of the molecule is Nc1nnc(SCC2=C(C(=O)OC(c3ccccc3)c3ccccc3)N3C(=O)[C@](N)(NC=O)[C@@H]3SC2)s1. The number of ether oxygens (including phenoxy) is 1. The van der Waals surface area contributed by atoms with E-state index in [1.165, 1.54) is 39.8 Å².